The molecule has 152 valence electrons. The van der Waals surface area contributed by atoms with Crippen molar-refractivity contribution < 1.29 is 19.1 Å². The van der Waals surface area contributed by atoms with Gasteiger partial charge in [0, 0.05) is 17.0 Å². The van der Waals surface area contributed by atoms with E-state index in [-0.39, 0.29) is 35.9 Å². The van der Waals surface area contributed by atoms with Gasteiger partial charge >= 0.3 is 0 Å². The molecular formula is C23H24ClNO4. The maximum atomic E-state index is 12.3. The van der Waals surface area contributed by atoms with Crippen molar-refractivity contribution in [3.05, 3.63) is 65.2 Å². The molecular weight excluding hydrogens is 390 g/mol. The summed E-state index contributed by atoms with van der Waals surface area (Å²) in [6.07, 6.45) is 3.08. The number of amides is 1. The summed E-state index contributed by atoms with van der Waals surface area (Å²) < 4.78 is 11.0. The molecule has 2 bridgehead atoms. The first-order valence-electron chi connectivity index (χ1n) is 9.79. The van der Waals surface area contributed by atoms with E-state index in [1.807, 2.05) is 30.3 Å². The third-order valence-electron chi connectivity index (χ3n) is 5.68. The monoisotopic (exact) mass is 413 g/mol. The molecule has 0 radical (unpaired) electrons. The molecule has 0 aliphatic heterocycles. The van der Waals surface area contributed by atoms with Crippen LogP contribution in [-0.2, 0) is 20.9 Å². The van der Waals surface area contributed by atoms with Gasteiger partial charge in [0.15, 0.2) is 5.78 Å². The zero-order valence-electron chi connectivity index (χ0n) is 16.2. The van der Waals surface area contributed by atoms with Crippen molar-refractivity contribution in [2.45, 2.75) is 37.8 Å². The van der Waals surface area contributed by atoms with Crippen LogP contribution < -0.4 is 10.1 Å². The van der Waals surface area contributed by atoms with Crippen molar-refractivity contribution in [1.82, 2.24) is 5.32 Å². The third-order valence-corrected chi connectivity index (χ3v) is 5.93. The Morgan fingerprint density at radius 1 is 0.966 bits per heavy atom. The van der Waals surface area contributed by atoms with Crippen LogP contribution in [0.15, 0.2) is 54.6 Å². The Morgan fingerprint density at radius 3 is 2.34 bits per heavy atom. The summed E-state index contributed by atoms with van der Waals surface area (Å²) in [5.41, 5.74) is 0.951. The molecule has 6 heteroatoms. The van der Waals surface area contributed by atoms with Crippen LogP contribution in [0, 0.1) is 5.41 Å². The summed E-state index contributed by atoms with van der Waals surface area (Å²) in [4.78, 5) is 24.4. The molecule has 2 aromatic rings. The van der Waals surface area contributed by atoms with E-state index in [1.165, 1.54) is 0 Å². The third kappa shape index (κ3) is 4.80. The molecule has 0 atom stereocenters. The van der Waals surface area contributed by atoms with Crippen LogP contribution in [0.25, 0.3) is 0 Å². The van der Waals surface area contributed by atoms with Crippen LogP contribution in [-0.4, -0.2) is 30.4 Å². The Kier molecular flexibility index (Phi) is 5.61. The Hall–Kier alpha value is -2.37. The molecule has 5 rings (SSSR count). The number of carbonyl (C=O) groups is 2. The zero-order valence-corrected chi connectivity index (χ0v) is 16.9. The Morgan fingerprint density at radius 2 is 1.66 bits per heavy atom. The number of benzene rings is 2. The molecule has 0 saturated heterocycles. The predicted molar refractivity (Wildman–Crippen MR) is 110 cm³/mol. The Balaban J connectivity index is 1.13. The van der Waals surface area contributed by atoms with E-state index in [1.54, 1.807) is 24.3 Å². The normalized spacial score (nSPS) is 24.2. The van der Waals surface area contributed by atoms with Gasteiger partial charge in [0.2, 0.25) is 5.91 Å². The van der Waals surface area contributed by atoms with Crippen LogP contribution in [0.3, 0.4) is 0 Å². The van der Waals surface area contributed by atoms with E-state index in [0.29, 0.717) is 23.8 Å². The number of halogens is 1. The molecule has 0 unspecified atom stereocenters. The number of Topliss-reactive ketones (excluding diaryl/α,β-unsaturated/α-hetero) is 1. The minimum absolute atomic E-state index is 0.0403. The van der Waals surface area contributed by atoms with E-state index in [9.17, 15) is 9.59 Å². The van der Waals surface area contributed by atoms with Gasteiger partial charge in [0.05, 0.1) is 6.61 Å². The van der Waals surface area contributed by atoms with Crippen molar-refractivity contribution >= 4 is 23.3 Å². The van der Waals surface area contributed by atoms with E-state index in [2.05, 4.69) is 5.32 Å². The molecule has 3 aliphatic carbocycles. The highest BCUT2D eigenvalue weighted by Gasteiger charge is 2.68. The summed E-state index contributed by atoms with van der Waals surface area (Å²) in [6, 6.07) is 16.7. The minimum Gasteiger partial charge on any atom is -0.486 e. The van der Waals surface area contributed by atoms with Crippen LogP contribution in [0.2, 0.25) is 5.02 Å². The molecule has 2 aromatic carbocycles. The fourth-order valence-electron chi connectivity index (χ4n) is 4.65. The summed E-state index contributed by atoms with van der Waals surface area (Å²) in [5, 5.41) is 3.72. The SMILES string of the molecule is O=C(COc1ccc(Cl)cc1)CC12CC(NC(=O)COCc3ccccc3)(C1)C2. The fourth-order valence-corrected chi connectivity index (χ4v) is 4.78. The van der Waals surface area contributed by atoms with E-state index in [4.69, 9.17) is 21.1 Å². The zero-order chi connectivity index (χ0) is 20.3. The van der Waals surface area contributed by atoms with Gasteiger partial charge in [-0.1, -0.05) is 41.9 Å². The number of ketones is 1. The molecule has 0 spiro atoms. The number of nitrogens with one attached hydrogen (secondary N) is 1. The predicted octanol–water partition coefficient (Wildman–Crippen LogP) is 3.93. The van der Waals surface area contributed by atoms with Crippen molar-refractivity contribution in [3.63, 3.8) is 0 Å². The molecule has 3 saturated carbocycles. The lowest BCUT2D eigenvalue weighted by molar-refractivity contribution is -0.174. The maximum absolute atomic E-state index is 12.3. The largest absolute Gasteiger partial charge is 0.486 e. The quantitative estimate of drug-likeness (QED) is 0.640. The number of hydrogen-bond acceptors (Lipinski definition) is 4. The number of carbonyl (C=O) groups excluding carboxylic acids is 2. The molecule has 29 heavy (non-hydrogen) atoms. The first kappa shape index (κ1) is 19.9. The van der Waals surface area contributed by atoms with Crippen molar-refractivity contribution in [2.75, 3.05) is 13.2 Å². The maximum Gasteiger partial charge on any atom is 0.246 e. The van der Waals surface area contributed by atoms with Crippen LogP contribution in [0.1, 0.15) is 31.2 Å². The van der Waals surface area contributed by atoms with Gasteiger partial charge in [-0.15, -0.1) is 0 Å². The lowest BCUT2D eigenvalue weighted by Crippen LogP contribution is -2.75. The topological polar surface area (TPSA) is 64.6 Å². The van der Waals surface area contributed by atoms with Gasteiger partial charge in [-0.25, -0.2) is 0 Å². The van der Waals surface area contributed by atoms with Gasteiger partial charge < -0.3 is 14.8 Å². The molecule has 0 aromatic heterocycles. The van der Waals surface area contributed by atoms with Crippen LogP contribution >= 0.6 is 11.6 Å². The average Bonchev–Trinajstić information content (AvgIpc) is 2.66. The van der Waals surface area contributed by atoms with Gasteiger partial charge in [-0.3, -0.25) is 9.59 Å². The second-order valence-electron chi connectivity index (χ2n) is 8.30. The van der Waals surface area contributed by atoms with Gasteiger partial charge in [-0.2, -0.15) is 0 Å². The number of rotatable bonds is 10. The van der Waals surface area contributed by atoms with Gasteiger partial charge in [0.25, 0.3) is 0 Å². The van der Waals surface area contributed by atoms with Crippen molar-refractivity contribution in [2.24, 2.45) is 5.41 Å². The van der Waals surface area contributed by atoms with E-state index >= 15 is 0 Å². The minimum atomic E-state index is -0.134. The van der Waals surface area contributed by atoms with E-state index < -0.39 is 0 Å². The number of ether oxygens (including phenoxy) is 2. The smallest absolute Gasteiger partial charge is 0.246 e. The van der Waals surface area contributed by atoms with Crippen molar-refractivity contribution in [3.8, 4) is 5.75 Å². The average molecular weight is 414 g/mol. The summed E-state index contributed by atoms with van der Waals surface area (Å²) in [5.74, 6) is 0.636. The highest BCUT2D eigenvalue weighted by molar-refractivity contribution is 6.30. The molecule has 5 nitrogen and oxygen atoms in total. The highest BCUT2D eigenvalue weighted by Crippen LogP contribution is 2.68. The fraction of sp³-hybridized carbons (Fsp3) is 0.391. The lowest BCUT2D eigenvalue weighted by atomic mass is 9.38. The van der Waals surface area contributed by atoms with Crippen molar-refractivity contribution in [1.29, 1.82) is 0 Å². The van der Waals surface area contributed by atoms with Gasteiger partial charge in [0.1, 0.15) is 19.0 Å². The Labute approximate surface area is 175 Å². The van der Waals surface area contributed by atoms with Gasteiger partial charge in [-0.05, 0) is 54.5 Å². The highest BCUT2D eigenvalue weighted by atomic mass is 35.5. The first-order valence-corrected chi connectivity index (χ1v) is 10.2. The van der Waals surface area contributed by atoms with Crippen LogP contribution in [0.4, 0.5) is 0 Å². The number of hydrogen-bond donors (Lipinski definition) is 1. The van der Waals surface area contributed by atoms with E-state index in [0.717, 1.165) is 24.8 Å². The lowest BCUT2D eigenvalue weighted by Gasteiger charge is -2.70. The second kappa shape index (κ2) is 8.17. The van der Waals surface area contributed by atoms with Crippen LogP contribution in [0.5, 0.6) is 5.75 Å². The Bertz CT molecular complexity index is 862. The summed E-state index contributed by atoms with van der Waals surface area (Å²) in [6.45, 7) is 0.543. The molecule has 0 heterocycles. The standard InChI is InChI=1S/C23H24ClNO4/c24-18-6-8-20(9-7-18)29-12-19(26)10-22-14-23(15-22,16-22)25-21(27)13-28-11-17-4-2-1-3-5-17/h1-9H,10-16H2,(H,25,27). The molecule has 3 aliphatic rings. The summed E-state index contributed by atoms with van der Waals surface area (Å²) >= 11 is 5.84. The molecule has 3 fully saturated rings. The first-order chi connectivity index (χ1) is 14.0. The summed E-state index contributed by atoms with van der Waals surface area (Å²) in [7, 11) is 0. The second-order valence-corrected chi connectivity index (χ2v) is 8.73. The molecule has 1 N–H and O–H groups in total. The molecule has 1 amide bonds.